The largest absolute Gasteiger partial charge is 0.493 e. The molecule has 1 N–H and O–H groups in total. The minimum absolute atomic E-state index is 0.00166. The monoisotopic (exact) mass is 300 g/mol. The van der Waals surface area contributed by atoms with Crippen LogP contribution in [0.15, 0.2) is 24.3 Å². The molecular formula is C17H20N2O3. The molecule has 3 aliphatic rings. The van der Waals surface area contributed by atoms with Gasteiger partial charge < -0.3 is 15.0 Å². The Bertz CT molecular complexity index is 612. The van der Waals surface area contributed by atoms with E-state index in [1.807, 2.05) is 29.2 Å². The number of benzene rings is 1. The number of para-hydroxylation sites is 1. The Labute approximate surface area is 129 Å². The Balaban J connectivity index is 1.44. The van der Waals surface area contributed by atoms with Crippen molar-refractivity contribution in [1.82, 2.24) is 10.2 Å². The summed E-state index contributed by atoms with van der Waals surface area (Å²) in [6.07, 6.45) is 3.31. The van der Waals surface area contributed by atoms with Crippen molar-refractivity contribution in [3.63, 3.8) is 0 Å². The molecule has 4 rings (SSSR count). The van der Waals surface area contributed by atoms with Gasteiger partial charge in [-0.2, -0.15) is 0 Å². The predicted octanol–water partition coefficient (Wildman–Crippen LogP) is 1.64. The zero-order valence-corrected chi connectivity index (χ0v) is 12.5. The summed E-state index contributed by atoms with van der Waals surface area (Å²) in [6, 6.07) is 8.21. The lowest BCUT2D eigenvalue weighted by Crippen LogP contribution is -2.37. The van der Waals surface area contributed by atoms with Crippen molar-refractivity contribution in [2.45, 2.75) is 37.8 Å². The summed E-state index contributed by atoms with van der Waals surface area (Å²) in [5.41, 5.74) is 1.03. The maximum atomic E-state index is 12.5. The number of hydrogen-bond acceptors (Lipinski definition) is 3. The summed E-state index contributed by atoms with van der Waals surface area (Å²) in [4.78, 5) is 26.4. The van der Waals surface area contributed by atoms with Crippen LogP contribution in [0.2, 0.25) is 0 Å². The van der Waals surface area contributed by atoms with Crippen LogP contribution >= 0.6 is 0 Å². The van der Waals surface area contributed by atoms with E-state index in [1.54, 1.807) is 0 Å². The van der Waals surface area contributed by atoms with Crippen molar-refractivity contribution in [2.24, 2.45) is 5.92 Å². The maximum absolute atomic E-state index is 12.5. The van der Waals surface area contributed by atoms with Crippen molar-refractivity contribution in [3.8, 4) is 5.75 Å². The van der Waals surface area contributed by atoms with Crippen LogP contribution in [0.3, 0.4) is 0 Å². The van der Waals surface area contributed by atoms with E-state index in [-0.39, 0.29) is 23.8 Å². The second kappa shape index (κ2) is 5.30. The first kappa shape index (κ1) is 13.6. The molecule has 2 aliphatic heterocycles. The number of rotatable bonds is 3. The van der Waals surface area contributed by atoms with Gasteiger partial charge in [0.25, 0.3) is 0 Å². The molecule has 5 heteroatoms. The number of amides is 2. The highest BCUT2D eigenvalue weighted by molar-refractivity contribution is 5.89. The van der Waals surface area contributed by atoms with Gasteiger partial charge >= 0.3 is 0 Å². The molecule has 2 unspecified atom stereocenters. The van der Waals surface area contributed by atoms with E-state index < -0.39 is 0 Å². The summed E-state index contributed by atoms with van der Waals surface area (Å²) in [5.74, 6) is 0.775. The average Bonchev–Trinajstić information content (AvgIpc) is 3.30. The highest BCUT2D eigenvalue weighted by Gasteiger charge is 2.42. The van der Waals surface area contributed by atoms with Gasteiger partial charge in [0.15, 0.2) is 0 Å². The second-order valence-electron chi connectivity index (χ2n) is 6.41. The van der Waals surface area contributed by atoms with E-state index in [1.165, 1.54) is 0 Å². The van der Waals surface area contributed by atoms with Gasteiger partial charge in [0, 0.05) is 31.0 Å². The SMILES string of the molecule is O=C(NC1CCOc2ccccc21)C1CC(=O)N(C2CC2)C1. The van der Waals surface area contributed by atoms with Crippen LogP contribution in [0.1, 0.15) is 37.3 Å². The van der Waals surface area contributed by atoms with Crippen LogP contribution in [0.5, 0.6) is 5.75 Å². The van der Waals surface area contributed by atoms with E-state index in [4.69, 9.17) is 4.74 Å². The van der Waals surface area contributed by atoms with Crippen molar-refractivity contribution in [1.29, 1.82) is 0 Å². The molecule has 0 spiro atoms. The van der Waals surface area contributed by atoms with Gasteiger partial charge in [-0.05, 0) is 18.9 Å². The zero-order valence-electron chi connectivity index (χ0n) is 12.5. The van der Waals surface area contributed by atoms with Gasteiger partial charge in [-0.3, -0.25) is 9.59 Å². The van der Waals surface area contributed by atoms with Gasteiger partial charge in [-0.25, -0.2) is 0 Å². The lowest BCUT2D eigenvalue weighted by molar-refractivity contribution is -0.129. The van der Waals surface area contributed by atoms with Crippen LogP contribution in [0.25, 0.3) is 0 Å². The standard InChI is InChI=1S/C17H20N2O3/c20-16-9-11(10-19(16)12-5-6-12)17(21)18-14-7-8-22-15-4-2-1-3-13(14)15/h1-4,11-12,14H,5-10H2,(H,18,21). The number of carbonyl (C=O) groups excluding carboxylic acids is 2. The molecule has 1 aliphatic carbocycles. The lowest BCUT2D eigenvalue weighted by Gasteiger charge is -2.27. The summed E-state index contributed by atoms with van der Waals surface area (Å²) in [7, 11) is 0. The molecule has 116 valence electrons. The Kier molecular flexibility index (Phi) is 3.28. The first-order chi connectivity index (χ1) is 10.7. The maximum Gasteiger partial charge on any atom is 0.225 e. The van der Waals surface area contributed by atoms with Gasteiger partial charge in [-0.1, -0.05) is 18.2 Å². The third-order valence-corrected chi connectivity index (χ3v) is 4.79. The number of carbonyl (C=O) groups is 2. The molecule has 1 saturated carbocycles. The lowest BCUT2D eigenvalue weighted by atomic mass is 9.99. The third kappa shape index (κ3) is 2.45. The van der Waals surface area contributed by atoms with E-state index in [0.29, 0.717) is 25.6 Å². The van der Waals surface area contributed by atoms with Gasteiger partial charge in [0.2, 0.25) is 11.8 Å². The van der Waals surface area contributed by atoms with Crippen LogP contribution in [-0.2, 0) is 9.59 Å². The number of ether oxygens (including phenoxy) is 1. The highest BCUT2D eigenvalue weighted by atomic mass is 16.5. The first-order valence-electron chi connectivity index (χ1n) is 8.04. The van der Waals surface area contributed by atoms with Crippen LogP contribution < -0.4 is 10.1 Å². The molecule has 2 heterocycles. The molecule has 22 heavy (non-hydrogen) atoms. The molecule has 0 bridgehead atoms. The summed E-state index contributed by atoms with van der Waals surface area (Å²) in [5, 5.41) is 3.12. The van der Waals surface area contributed by atoms with E-state index in [0.717, 1.165) is 30.6 Å². The topological polar surface area (TPSA) is 58.6 Å². The Hall–Kier alpha value is -2.04. The van der Waals surface area contributed by atoms with Gasteiger partial charge in [0.05, 0.1) is 18.6 Å². The van der Waals surface area contributed by atoms with Crippen molar-refractivity contribution < 1.29 is 14.3 Å². The molecule has 2 amide bonds. The number of likely N-dealkylation sites (tertiary alicyclic amines) is 1. The smallest absolute Gasteiger partial charge is 0.225 e. The predicted molar refractivity (Wildman–Crippen MR) is 80.3 cm³/mol. The normalized spacial score (nSPS) is 27.3. The van der Waals surface area contributed by atoms with E-state index >= 15 is 0 Å². The molecule has 0 radical (unpaired) electrons. The molecule has 1 saturated heterocycles. The molecule has 2 atom stereocenters. The first-order valence-corrected chi connectivity index (χ1v) is 8.04. The molecule has 5 nitrogen and oxygen atoms in total. The van der Waals surface area contributed by atoms with Crippen molar-refractivity contribution >= 4 is 11.8 Å². The Morgan fingerprint density at radius 2 is 2.05 bits per heavy atom. The summed E-state index contributed by atoms with van der Waals surface area (Å²) >= 11 is 0. The Morgan fingerprint density at radius 3 is 2.86 bits per heavy atom. The molecule has 1 aromatic carbocycles. The minimum atomic E-state index is -0.205. The number of hydrogen-bond donors (Lipinski definition) is 1. The fourth-order valence-electron chi connectivity index (χ4n) is 3.43. The summed E-state index contributed by atoms with van der Waals surface area (Å²) < 4.78 is 5.62. The van der Waals surface area contributed by atoms with Crippen LogP contribution in [-0.4, -0.2) is 35.9 Å². The fourth-order valence-corrected chi connectivity index (χ4v) is 3.43. The quantitative estimate of drug-likeness (QED) is 0.923. The van der Waals surface area contributed by atoms with E-state index in [2.05, 4.69) is 5.32 Å². The number of nitrogens with zero attached hydrogens (tertiary/aromatic N) is 1. The van der Waals surface area contributed by atoms with Gasteiger partial charge in [0.1, 0.15) is 5.75 Å². The second-order valence-corrected chi connectivity index (χ2v) is 6.41. The van der Waals surface area contributed by atoms with Crippen LogP contribution in [0, 0.1) is 5.92 Å². The molecule has 0 aromatic heterocycles. The van der Waals surface area contributed by atoms with E-state index in [9.17, 15) is 9.59 Å². The number of fused-ring (bicyclic) bond motifs is 1. The van der Waals surface area contributed by atoms with Crippen molar-refractivity contribution in [2.75, 3.05) is 13.2 Å². The van der Waals surface area contributed by atoms with Gasteiger partial charge in [-0.15, -0.1) is 0 Å². The average molecular weight is 300 g/mol. The Morgan fingerprint density at radius 1 is 1.23 bits per heavy atom. The zero-order chi connectivity index (χ0) is 15.1. The van der Waals surface area contributed by atoms with Crippen molar-refractivity contribution in [3.05, 3.63) is 29.8 Å². The molecular weight excluding hydrogens is 280 g/mol. The minimum Gasteiger partial charge on any atom is -0.493 e. The number of nitrogens with one attached hydrogen (secondary N) is 1. The molecule has 2 fully saturated rings. The molecule has 1 aromatic rings. The highest BCUT2D eigenvalue weighted by Crippen LogP contribution is 2.34. The van der Waals surface area contributed by atoms with Crippen LogP contribution in [0.4, 0.5) is 0 Å². The summed E-state index contributed by atoms with van der Waals surface area (Å²) in [6.45, 7) is 1.19. The fraction of sp³-hybridized carbons (Fsp3) is 0.529. The third-order valence-electron chi connectivity index (χ3n) is 4.79.